The first-order valence-electron chi connectivity index (χ1n) is 9.12. The van der Waals surface area contributed by atoms with E-state index in [1.807, 2.05) is 7.05 Å². The molecule has 4 nitrogen and oxygen atoms in total. The van der Waals surface area contributed by atoms with Gasteiger partial charge >= 0.3 is 0 Å². The molecule has 0 aliphatic heterocycles. The Morgan fingerprint density at radius 3 is 2.73 bits per heavy atom. The predicted octanol–water partition coefficient (Wildman–Crippen LogP) is 3.39. The van der Waals surface area contributed by atoms with Crippen LogP contribution in [-0.2, 0) is 4.74 Å². The molecule has 0 unspecified atom stereocenters. The van der Waals surface area contributed by atoms with Crippen molar-refractivity contribution in [2.45, 2.75) is 70.3 Å². The first-order valence-corrected chi connectivity index (χ1v) is 9.12. The van der Waals surface area contributed by atoms with Crippen molar-refractivity contribution in [3.63, 3.8) is 0 Å². The zero-order valence-electron chi connectivity index (χ0n) is 14.2. The van der Waals surface area contributed by atoms with Crippen LogP contribution >= 0.6 is 0 Å². The minimum absolute atomic E-state index is 0.529. The number of aliphatic imine (C=N–C) groups is 1. The number of rotatable bonds is 8. The number of guanidine groups is 1. The Morgan fingerprint density at radius 1 is 1.18 bits per heavy atom. The maximum Gasteiger partial charge on any atom is 0.190 e. The summed E-state index contributed by atoms with van der Waals surface area (Å²) < 4.78 is 5.87. The van der Waals surface area contributed by atoms with Gasteiger partial charge in [-0.1, -0.05) is 24.5 Å². The average molecular weight is 307 g/mol. The van der Waals surface area contributed by atoms with Crippen LogP contribution in [0.3, 0.4) is 0 Å². The topological polar surface area (TPSA) is 45.7 Å². The summed E-state index contributed by atoms with van der Waals surface area (Å²) in [5.41, 5.74) is 1.61. The van der Waals surface area contributed by atoms with Crippen LogP contribution in [0.25, 0.3) is 0 Å². The summed E-state index contributed by atoms with van der Waals surface area (Å²) >= 11 is 0. The van der Waals surface area contributed by atoms with Gasteiger partial charge < -0.3 is 15.4 Å². The van der Waals surface area contributed by atoms with Gasteiger partial charge in [0.25, 0.3) is 0 Å². The zero-order chi connectivity index (χ0) is 15.5. The van der Waals surface area contributed by atoms with E-state index in [0.717, 1.165) is 38.5 Å². The van der Waals surface area contributed by atoms with Gasteiger partial charge in [-0.05, 0) is 51.4 Å². The average Bonchev–Trinajstić information content (AvgIpc) is 3.07. The fraction of sp³-hybridized carbons (Fsp3) is 0.833. The van der Waals surface area contributed by atoms with E-state index in [0.29, 0.717) is 6.10 Å². The minimum atomic E-state index is 0.529. The smallest absolute Gasteiger partial charge is 0.190 e. The maximum atomic E-state index is 5.87. The van der Waals surface area contributed by atoms with E-state index < -0.39 is 0 Å². The molecular formula is C18H33N3O. The van der Waals surface area contributed by atoms with Gasteiger partial charge in [0.15, 0.2) is 5.96 Å². The zero-order valence-corrected chi connectivity index (χ0v) is 14.2. The fourth-order valence-corrected chi connectivity index (χ4v) is 3.28. The lowest BCUT2D eigenvalue weighted by Crippen LogP contribution is -2.38. The van der Waals surface area contributed by atoms with Gasteiger partial charge in [-0.3, -0.25) is 4.99 Å². The van der Waals surface area contributed by atoms with Crippen LogP contribution in [0.4, 0.5) is 0 Å². The van der Waals surface area contributed by atoms with Gasteiger partial charge in [0.05, 0.1) is 6.10 Å². The van der Waals surface area contributed by atoms with Crippen LogP contribution in [0, 0.1) is 0 Å². The highest BCUT2D eigenvalue weighted by molar-refractivity contribution is 5.79. The van der Waals surface area contributed by atoms with Crippen molar-refractivity contribution in [1.29, 1.82) is 0 Å². The Kier molecular flexibility index (Phi) is 8.39. The van der Waals surface area contributed by atoms with E-state index >= 15 is 0 Å². The van der Waals surface area contributed by atoms with Crippen molar-refractivity contribution in [1.82, 2.24) is 10.6 Å². The molecule has 0 aromatic heterocycles. The van der Waals surface area contributed by atoms with Crippen LogP contribution in [0.15, 0.2) is 16.6 Å². The van der Waals surface area contributed by atoms with Crippen molar-refractivity contribution >= 4 is 5.96 Å². The molecule has 2 rings (SSSR count). The van der Waals surface area contributed by atoms with Crippen molar-refractivity contribution in [2.75, 3.05) is 26.7 Å². The van der Waals surface area contributed by atoms with E-state index in [4.69, 9.17) is 4.74 Å². The molecule has 0 aromatic rings. The Morgan fingerprint density at radius 2 is 2.00 bits per heavy atom. The van der Waals surface area contributed by atoms with Gasteiger partial charge in [-0.25, -0.2) is 0 Å². The summed E-state index contributed by atoms with van der Waals surface area (Å²) in [6, 6.07) is 0. The van der Waals surface area contributed by atoms with E-state index in [2.05, 4.69) is 21.7 Å². The normalized spacial score (nSPS) is 20.0. The molecule has 2 aliphatic rings. The number of hydrogen-bond acceptors (Lipinski definition) is 2. The number of hydrogen-bond donors (Lipinski definition) is 2. The number of nitrogens with zero attached hydrogens (tertiary/aromatic N) is 1. The predicted molar refractivity (Wildman–Crippen MR) is 93.4 cm³/mol. The molecule has 1 fully saturated rings. The van der Waals surface area contributed by atoms with Gasteiger partial charge in [0.2, 0.25) is 0 Å². The monoisotopic (exact) mass is 307 g/mol. The Balaban J connectivity index is 1.48. The molecular weight excluding hydrogens is 274 g/mol. The maximum absolute atomic E-state index is 5.87. The summed E-state index contributed by atoms with van der Waals surface area (Å²) in [7, 11) is 1.84. The van der Waals surface area contributed by atoms with Crippen molar-refractivity contribution in [2.24, 2.45) is 4.99 Å². The number of ether oxygens (including phenoxy) is 1. The third-order valence-corrected chi connectivity index (χ3v) is 4.62. The molecule has 0 spiro atoms. The van der Waals surface area contributed by atoms with Crippen molar-refractivity contribution in [3.05, 3.63) is 11.6 Å². The molecule has 0 aromatic carbocycles. The fourth-order valence-electron chi connectivity index (χ4n) is 3.28. The summed E-state index contributed by atoms with van der Waals surface area (Å²) in [6.07, 6.45) is 15.6. The largest absolute Gasteiger partial charge is 0.378 e. The molecule has 4 heteroatoms. The first-order chi connectivity index (χ1) is 10.9. The highest BCUT2D eigenvalue weighted by Crippen LogP contribution is 2.21. The third-order valence-electron chi connectivity index (χ3n) is 4.62. The molecule has 2 aliphatic carbocycles. The molecule has 1 saturated carbocycles. The second kappa shape index (κ2) is 10.7. The summed E-state index contributed by atoms with van der Waals surface area (Å²) in [6.45, 7) is 2.76. The molecule has 0 amide bonds. The summed E-state index contributed by atoms with van der Waals surface area (Å²) in [5, 5.41) is 6.78. The second-order valence-corrected chi connectivity index (χ2v) is 6.41. The van der Waals surface area contributed by atoms with E-state index in [1.54, 1.807) is 5.57 Å². The first kappa shape index (κ1) is 17.3. The number of allylic oxidation sites excluding steroid dienone is 1. The molecule has 0 atom stereocenters. The minimum Gasteiger partial charge on any atom is -0.378 e. The third kappa shape index (κ3) is 6.82. The van der Waals surface area contributed by atoms with Crippen LogP contribution < -0.4 is 10.6 Å². The van der Waals surface area contributed by atoms with Gasteiger partial charge in [-0.15, -0.1) is 0 Å². The highest BCUT2D eigenvalue weighted by Gasteiger charge is 2.14. The summed E-state index contributed by atoms with van der Waals surface area (Å²) in [4.78, 5) is 4.28. The lowest BCUT2D eigenvalue weighted by atomic mass is 9.97. The lowest BCUT2D eigenvalue weighted by molar-refractivity contribution is 0.0574. The summed E-state index contributed by atoms with van der Waals surface area (Å²) in [5.74, 6) is 0.914. The van der Waals surface area contributed by atoms with Gasteiger partial charge in [0.1, 0.15) is 0 Å². The Bertz CT molecular complexity index is 359. The van der Waals surface area contributed by atoms with Gasteiger partial charge in [0, 0.05) is 26.7 Å². The molecule has 126 valence electrons. The van der Waals surface area contributed by atoms with Crippen molar-refractivity contribution in [3.8, 4) is 0 Å². The molecule has 0 saturated heterocycles. The second-order valence-electron chi connectivity index (χ2n) is 6.41. The van der Waals surface area contributed by atoms with Crippen molar-refractivity contribution < 1.29 is 4.74 Å². The Labute approximate surface area is 135 Å². The Hall–Kier alpha value is -1.03. The standard InChI is InChI=1S/C18H33N3O/c1-19-18(21-14-12-16-8-3-2-4-9-16)20-13-7-15-22-17-10-5-6-11-17/h8,17H,2-7,9-15H2,1H3,(H2,19,20,21). The van der Waals surface area contributed by atoms with E-state index in [-0.39, 0.29) is 0 Å². The van der Waals surface area contributed by atoms with Crippen LogP contribution in [0.2, 0.25) is 0 Å². The van der Waals surface area contributed by atoms with E-state index in [9.17, 15) is 0 Å². The SMILES string of the molecule is CN=C(NCCCOC1CCCC1)NCCC1=CCCCC1. The molecule has 22 heavy (non-hydrogen) atoms. The molecule has 0 radical (unpaired) electrons. The molecule has 2 N–H and O–H groups in total. The lowest BCUT2D eigenvalue weighted by Gasteiger charge is -2.15. The number of nitrogens with one attached hydrogen (secondary N) is 2. The highest BCUT2D eigenvalue weighted by atomic mass is 16.5. The quantitative estimate of drug-likeness (QED) is 0.313. The molecule has 0 bridgehead atoms. The molecule has 0 heterocycles. The van der Waals surface area contributed by atoms with Crippen LogP contribution in [-0.4, -0.2) is 38.8 Å². The van der Waals surface area contributed by atoms with E-state index in [1.165, 1.54) is 51.4 Å². The van der Waals surface area contributed by atoms with Crippen LogP contribution in [0.1, 0.15) is 64.2 Å². The van der Waals surface area contributed by atoms with Crippen LogP contribution in [0.5, 0.6) is 0 Å². The van der Waals surface area contributed by atoms with Gasteiger partial charge in [-0.2, -0.15) is 0 Å².